The molecule has 104 valence electrons. The lowest BCUT2D eigenvalue weighted by Crippen LogP contribution is -2.18. The van der Waals surface area contributed by atoms with Crippen molar-refractivity contribution in [2.24, 2.45) is 11.8 Å². The van der Waals surface area contributed by atoms with Crippen LogP contribution in [0.3, 0.4) is 0 Å². The van der Waals surface area contributed by atoms with Crippen LogP contribution in [-0.2, 0) is 4.57 Å². The van der Waals surface area contributed by atoms with Crippen LogP contribution >= 0.6 is 7.60 Å². The summed E-state index contributed by atoms with van der Waals surface area (Å²) in [5, 5.41) is 0. The molecule has 0 heterocycles. The first-order valence-corrected chi connectivity index (χ1v) is 9.02. The second-order valence-corrected chi connectivity index (χ2v) is 7.32. The molecule has 0 atom stereocenters. The second kappa shape index (κ2) is 6.36. The van der Waals surface area contributed by atoms with Crippen molar-refractivity contribution in [2.45, 2.75) is 64.2 Å². The van der Waals surface area contributed by atoms with E-state index in [0.29, 0.717) is 11.8 Å². The predicted molar refractivity (Wildman–Crippen MR) is 73.3 cm³/mol. The molecule has 3 nitrogen and oxygen atoms in total. The van der Waals surface area contributed by atoms with E-state index < -0.39 is 7.60 Å². The molecule has 2 aliphatic carbocycles. The van der Waals surface area contributed by atoms with Gasteiger partial charge in [0.2, 0.25) is 0 Å². The molecule has 0 bridgehead atoms. The summed E-state index contributed by atoms with van der Waals surface area (Å²) in [6.45, 7) is 0. The average molecular weight is 272 g/mol. The Hall–Kier alpha value is -0.110. The first-order chi connectivity index (χ1) is 8.56. The Morgan fingerprint density at radius 3 is 1.56 bits per heavy atom. The zero-order valence-electron chi connectivity index (χ0n) is 11.1. The third-order valence-corrected chi connectivity index (χ3v) is 5.10. The summed E-state index contributed by atoms with van der Waals surface area (Å²) in [6.07, 6.45) is 11.9. The Bertz CT molecular complexity index is 313. The Morgan fingerprint density at radius 2 is 1.22 bits per heavy atom. The number of allylic oxidation sites excluding steroid dienone is 1. The maximum Gasteiger partial charge on any atom is 0.349 e. The first kappa shape index (κ1) is 14.3. The van der Waals surface area contributed by atoms with Gasteiger partial charge in [0.05, 0.1) is 0 Å². The minimum atomic E-state index is -4.02. The molecule has 2 fully saturated rings. The number of rotatable bonds is 3. The summed E-state index contributed by atoms with van der Waals surface area (Å²) in [5.41, 5.74) is 1.10. The zero-order chi connectivity index (χ0) is 13.0. The topological polar surface area (TPSA) is 57.5 Å². The van der Waals surface area contributed by atoms with Crippen LogP contribution in [0.5, 0.6) is 0 Å². The second-order valence-electron chi connectivity index (χ2n) is 5.89. The van der Waals surface area contributed by atoms with Crippen molar-refractivity contribution in [3.8, 4) is 0 Å². The molecule has 0 spiro atoms. The lowest BCUT2D eigenvalue weighted by Gasteiger charge is -2.32. The van der Waals surface area contributed by atoms with Gasteiger partial charge in [0, 0.05) is 5.82 Å². The zero-order valence-corrected chi connectivity index (χ0v) is 11.9. The van der Waals surface area contributed by atoms with Gasteiger partial charge in [-0.25, -0.2) is 0 Å². The Kier molecular flexibility index (Phi) is 5.06. The predicted octanol–water partition coefficient (Wildman–Crippen LogP) is 4.21. The van der Waals surface area contributed by atoms with Crippen molar-refractivity contribution in [3.05, 3.63) is 11.4 Å². The van der Waals surface area contributed by atoms with E-state index in [1.54, 1.807) is 0 Å². The SMILES string of the molecule is O=P(O)(O)C=C(C1CCCCC1)C1CCCCC1. The van der Waals surface area contributed by atoms with Crippen molar-refractivity contribution < 1.29 is 14.4 Å². The van der Waals surface area contributed by atoms with Crippen molar-refractivity contribution in [2.75, 3.05) is 0 Å². The summed E-state index contributed by atoms with van der Waals surface area (Å²) in [6, 6.07) is 0. The Labute approximate surface area is 110 Å². The molecular weight excluding hydrogens is 247 g/mol. The van der Waals surface area contributed by atoms with Gasteiger partial charge in [-0.1, -0.05) is 44.1 Å². The van der Waals surface area contributed by atoms with Gasteiger partial charge in [-0.3, -0.25) is 4.57 Å². The van der Waals surface area contributed by atoms with Gasteiger partial charge in [0.25, 0.3) is 0 Å². The van der Waals surface area contributed by atoms with Crippen LogP contribution < -0.4 is 0 Å². The molecule has 0 unspecified atom stereocenters. The third kappa shape index (κ3) is 4.22. The van der Waals surface area contributed by atoms with Gasteiger partial charge >= 0.3 is 7.60 Å². The van der Waals surface area contributed by atoms with Gasteiger partial charge in [-0.05, 0) is 37.5 Å². The Morgan fingerprint density at radius 1 is 0.833 bits per heavy atom. The molecule has 0 aromatic rings. The summed E-state index contributed by atoms with van der Waals surface area (Å²) < 4.78 is 11.3. The molecule has 4 heteroatoms. The van der Waals surface area contributed by atoms with Gasteiger partial charge in [0.15, 0.2) is 0 Å². The van der Waals surface area contributed by atoms with E-state index in [2.05, 4.69) is 0 Å². The maximum atomic E-state index is 11.3. The van der Waals surface area contributed by atoms with Crippen LogP contribution in [0.25, 0.3) is 0 Å². The number of hydrogen-bond acceptors (Lipinski definition) is 1. The number of hydrogen-bond donors (Lipinski definition) is 2. The van der Waals surface area contributed by atoms with Crippen molar-refractivity contribution in [1.29, 1.82) is 0 Å². The van der Waals surface area contributed by atoms with Crippen LogP contribution in [0.2, 0.25) is 0 Å². The quantitative estimate of drug-likeness (QED) is 0.757. The van der Waals surface area contributed by atoms with E-state index in [0.717, 1.165) is 31.3 Å². The van der Waals surface area contributed by atoms with Gasteiger partial charge in [-0.15, -0.1) is 0 Å². The van der Waals surface area contributed by atoms with Crippen molar-refractivity contribution >= 4 is 7.60 Å². The maximum absolute atomic E-state index is 11.3. The molecule has 2 aliphatic rings. The fourth-order valence-electron chi connectivity index (χ4n) is 3.61. The fraction of sp³-hybridized carbons (Fsp3) is 0.857. The molecule has 2 saturated carbocycles. The minimum absolute atomic E-state index is 0.439. The molecule has 0 amide bonds. The van der Waals surface area contributed by atoms with Gasteiger partial charge in [0.1, 0.15) is 0 Å². The van der Waals surface area contributed by atoms with Crippen LogP contribution in [-0.4, -0.2) is 9.79 Å². The highest BCUT2D eigenvalue weighted by molar-refractivity contribution is 7.55. The van der Waals surface area contributed by atoms with E-state index in [1.165, 1.54) is 44.3 Å². The first-order valence-electron chi connectivity index (χ1n) is 7.34. The van der Waals surface area contributed by atoms with Crippen molar-refractivity contribution in [1.82, 2.24) is 0 Å². The lowest BCUT2D eigenvalue weighted by atomic mass is 9.74. The van der Waals surface area contributed by atoms with E-state index in [4.69, 9.17) is 0 Å². The highest BCUT2D eigenvalue weighted by Crippen LogP contribution is 2.46. The summed E-state index contributed by atoms with van der Waals surface area (Å²) in [4.78, 5) is 18.6. The van der Waals surface area contributed by atoms with Crippen LogP contribution in [0.15, 0.2) is 11.4 Å². The van der Waals surface area contributed by atoms with E-state index in [9.17, 15) is 14.4 Å². The molecule has 2 rings (SSSR count). The molecule has 0 saturated heterocycles. The normalized spacial score (nSPS) is 23.9. The van der Waals surface area contributed by atoms with E-state index >= 15 is 0 Å². The molecule has 0 aromatic carbocycles. The van der Waals surface area contributed by atoms with Crippen LogP contribution in [0, 0.1) is 11.8 Å². The molecular formula is C14H25O3P. The minimum Gasteiger partial charge on any atom is -0.321 e. The summed E-state index contributed by atoms with van der Waals surface area (Å²) in [5.74, 6) is 2.20. The van der Waals surface area contributed by atoms with Crippen LogP contribution in [0.4, 0.5) is 0 Å². The molecule has 18 heavy (non-hydrogen) atoms. The van der Waals surface area contributed by atoms with Gasteiger partial charge < -0.3 is 9.79 Å². The van der Waals surface area contributed by atoms with E-state index in [-0.39, 0.29) is 0 Å². The molecule has 2 N–H and O–H groups in total. The van der Waals surface area contributed by atoms with Crippen molar-refractivity contribution in [3.63, 3.8) is 0 Å². The largest absolute Gasteiger partial charge is 0.349 e. The standard InChI is InChI=1S/C14H25O3P/c15-18(16,17)11-14(12-7-3-1-4-8-12)13-9-5-2-6-10-13/h11-13H,1-10H2,(H2,15,16,17). The average Bonchev–Trinajstić information content (AvgIpc) is 2.37. The Balaban J connectivity index is 2.15. The highest BCUT2D eigenvalue weighted by atomic mass is 31.2. The van der Waals surface area contributed by atoms with Gasteiger partial charge in [-0.2, -0.15) is 0 Å². The molecule has 0 aliphatic heterocycles. The smallest absolute Gasteiger partial charge is 0.321 e. The molecule has 0 radical (unpaired) electrons. The highest BCUT2D eigenvalue weighted by Gasteiger charge is 2.28. The fourth-order valence-corrected chi connectivity index (χ4v) is 4.42. The third-order valence-electron chi connectivity index (χ3n) is 4.47. The van der Waals surface area contributed by atoms with E-state index in [1.807, 2.05) is 0 Å². The summed E-state index contributed by atoms with van der Waals surface area (Å²) in [7, 11) is -4.02. The monoisotopic (exact) mass is 272 g/mol. The van der Waals surface area contributed by atoms with Crippen LogP contribution in [0.1, 0.15) is 64.2 Å². The lowest BCUT2D eigenvalue weighted by molar-refractivity contribution is 0.324. The molecule has 0 aromatic heterocycles. The summed E-state index contributed by atoms with van der Waals surface area (Å²) >= 11 is 0.